The van der Waals surface area contributed by atoms with Gasteiger partial charge in [0.25, 0.3) is 5.91 Å². The Morgan fingerprint density at radius 1 is 1.06 bits per heavy atom. The van der Waals surface area contributed by atoms with Gasteiger partial charge in [0.05, 0.1) is 22.0 Å². The van der Waals surface area contributed by atoms with E-state index in [1.807, 2.05) is 29.2 Å². The molecule has 3 aromatic rings. The number of rotatable bonds is 5. The van der Waals surface area contributed by atoms with Gasteiger partial charge in [-0.2, -0.15) is 0 Å². The molecule has 0 unspecified atom stereocenters. The number of nitrogen functional groups attached to an aromatic ring is 1. The number of amides is 1. The lowest BCUT2D eigenvalue weighted by atomic mass is 9.97. The number of hydrogen-bond donors (Lipinski definition) is 1. The molecule has 2 aromatic heterocycles. The highest BCUT2D eigenvalue weighted by molar-refractivity contribution is 6.34. The molecule has 1 aliphatic heterocycles. The SMILES string of the molecule is CCc1ncnc(-c2ccc(C(=O)N3CCN(C4CC4)CC3)c(Cl)c2)c1-c1ccc(N)nc1. The number of aromatic nitrogens is 3. The highest BCUT2D eigenvalue weighted by Gasteiger charge is 2.32. The van der Waals surface area contributed by atoms with Crippen LogP contribution in [-0.2, 0) is 6.42 Å². The van der Waals surface area contributed by atoms with Crippen LogP contribution in [0.5, 0.6) is 0 Å². The minimum absolute atomic E-state index is 0.0121. The summed E-state index contributed by atoms with van der Waals surface area (Å²) in [6, 6.07) is 9.97. The molecule has 2 aliphatic rings. The lowest BCUT2D eigenvalue weighted by Crippen LogP contribution is -2.49. The van der Waals surface area contributed by atoms with Gasteiger partial charge in [-0.25, -0.2) is 15.0 Å². The van der Waals surface area contributed by atoms with Gasteiger partial charge in [-0.3, -0.25) is 9.69 Å². The maximum absolute atomic E-state index is 13.2. The van der Waals surface area contributed by atoms with Crippen molar-refractivity contribution in [2.45, 2.75) is 32.2 Å². The van der Waals surface area contributed by atoms with Crippen molar-refractivity contribution in [2.24, 2.45) is 0 Å². The van der Waals surface area contributed by atoms with Crippen molar-refractivity contribution in [3.8, 4) is 22.4 Å². The number of hydrogen-bond acceptors (Lipinski definition) is 6. The van der Waals surface area contributed by atoms with Gasteiger partial charge in [0.15, 0.2) is 0 Å². The molecule has 2 N–H and O–H groups in total. The van der Waals surface area contributed by atoms with Crippen LogP contribution in [0.15, 0.2) is 42.9 Å². The molecule has 33 heavy (non-hydrogen) atoms. The minimum atomic E-state index is -0.0121. The molecule has 0 bridgehead atoms. The minimum Gasteiger partial charge on any atom is -0.384 e. The fourth-order valence-corrected chi connectivity index (χ4v) is 4.76. The maximum atomic E-state index is 13.2. The summed E-state index contributed by atoms with van der Waals surface area (Å²) in [6.45, 7) is 5.41. The van der Waals surface area contributed by atoms with Gasteiger partial charge in [-0.15, -0.1) is 0 Å². The lowest BCUT2D eigenvalue weighted by Gasteiger charge is -2.35. The Kier molecular flexibility index (Phi) is 6.00. The third-order valence-corrected chi connectivity index (χ3v) is 6.79. The largest absolute Gasteiger partial charge is 0.384 e. The van der Waals surface area contributed by atoms with Gasteiger partial charge in [0, 0.05) is 55.1 Å². The van der Waals surface area contributed by atoms with E-state index in [1.54, 1.807) is 18.6 Å². The molecule has 7 nitrogen and oxygen atoms in total. The number of benzene rings is 1. The van der Waals surface area contributed by atoms with Gasteiger partial charge in [-0.1, -0.05) is 24.6 Å². The van der Waals surface area contributed by atoms with Crippen LogP contribution in [0.25, 0.3) is 22.4 Å². The summed E-state index contributed by atoms with van der Waals surface area (Å²) >= 11 is 6.65. The molecule has 0 atom stereocenters. The summed E-state index contributed by atoms with van der Waals surface area (Å²) in [4.78, 5) is 30.8. The zero-order chi connectivity index (χ0) is 22.9. The molecule has 5 rings (SSSR count). The highest BCUT2D eigenvalue weighted by Crippen LogP contribution is 2.35. The normalized spacial score (nSPS) is 16.7. The van der Waals surface area contributed by atoms with Crippen molar-refractivity contribution in [1.29, 1.82) is 0 Å². The highest BCUT2D eigenvalue weighted by atomic mass is 35.5. The van der Waals surface area contributed by atoms with E-state index >= 15 is 0 Å². The first-order chi connectivity index (χ1) is 16.0. The Morgan fingerprint density at radius 2 is 1.82 bits per heavy atom. The Hall–Kier alpha value is -3.03. The van der Waals surface area contributed by atoms with E-state index in [9.17, 15) is 4.79 Å². The Bertz CT molecular complexity index is 1170. The molecule has 1 saturated carbocycles. The average molecular weight is 463 g/mol. The maximum Gasteiger partial charge on any atom is 0.255 e. The third kappa shape index (κ3) is 4.43. The van der Waals surface area contributed by atoms with Crippen LogP contribution in [-0.4, -0.2) is 62.9 Å². The summed E-state index contributed by atoms with van der Waals surface area (Å²) in [5.74, 6) is 0.445. The fraction of sp³-hybridized carbons (Fsp3) is 0.360. The number of piperazine rings is 1. The summed E-state index contributed by atoms with van der Waals surface area (Å²) in [5, 5.41) is 0.431. The first kappa shape index (κ1) is 21.8. The van der Waals surface area contributed by atoms with Crippen molar-refractivity contribution in [3.63, 3.8) is 0 Å². The van der Waals surface area contributed by atoms with E-state index in [0.717, 1.165) is 66.7 Å². The van der Waals surface area contributed by atoms with E-state index in [4.69, 9.17) is 17.3 Å². The molecule has 170 valence electrons. The van der Waals surface area contributed by atoms with Gasteiger partial charge in [0.1, 0.15) is 12.1 Å². The van der Waals surface area contributed by atoms with Crippen molar-refractivity contribution in [1.82, 2.24) is 24.8 Å². The van der Waals surface area contributed by atoms with E-state index < -0.39 is 0 Å². The molecule has 2 fully saturated rings. The summed E-state index contributed by atoms with van der Waals surface area (Å²) < 4.78 is 0. The third-order valence-electron chi connectivity index (χ3n) is 6.47. The molecule has 1 aromatic carbocycles. The van der Waals surface area contributed by atoms with E-state index in [0.29, 0.717) is 16.4 Å². The predicted molar refractivity (Wildman–Crippen MR) is 130 cm³/mol. The fourth-order valence-electron chi connectivity index (χ4n) is 4.50. The van der Waals surface area contributed by atoms with Crippen LogP contribution >= 0.6 is 11.6 Å². The van der Waals surface area contributed by atoms with Crippen LogP contribution < -0.4 is 5.73 Å². The first-order valence-electron chi connectivity index (χ1n) is 11.4. The number of aryl methyl sites for hydroxylation is 1. The van der Waals surface area contributed by atoms with Crippen LogP contribution in [0.1, 0.15) is 35.8 Å². The van der Waals surface area contributed by atoms with Crippen LogP contribution in [0.4, 0.5) is 5.82 Å². The van der Waals surface area contributed by atoms with Crippen LogP contribution in [0, 0.1) is 0 Å². The smallest absolute Gasteiger partial charge is 0.255 e. The number of anilines is 1. The number of carbonyl (C=O) groups excluding carboxylic acids is 1. The van der Waals surface area contributed by atoms with Crippen molar-refractivity contribution in [3.05, 3.63) is 59.1 Å². The molecule has 8 heteroatoms. The monoisotopic (exact) mass is 462 g/mol. The summed E-state index contributed by atoms with van der Waals surface area (Å²) in [5.41, 5.74) is 10.6. The van der Waals surface area contributed by atoms with E-state index in [1.165, 1.54) is 12.8 Å². The standard InChI is InChI=1S/C25H27ClN6O/c1-2-21-23(17-4-8-22(27)28-14-17)24(30-15-29-21)16-3-7-19(20(26)13-16)25(33)32-11-9-31(10-12-32)18-5-6-18/h3-4,7-8,13-15,18H,2,5-6,9-12H2,1H3,(H2,27,28). The topological polar surface area (TPSA) is 88.2 Å². The molecule has 1 saturated heterocycles. The molecule has 0 spiro atoms. The van der Waals surface area contributed by atoms with Gasteiger partial charge in [-0.05, 0) is 43.5 Å². The molecular formula is C25H27ClN6O. The molecule has 1 aliphatic carbocycles. The lowest BCUT2D eigenvalue weighted by molar-refractivity contribution is 0.0627. The number of nitrogens with two attached hydrogens (primary N) is 1. The van der Waals surface area contributed by atoms with E-state index in [-0.39, 0.29) is 5.91 Å². The Labute approximate surface area is 198 Å². The van der Waals surface area contributed by atoms with Crippen molar-refractivity contribution in [2.75, 3.05) is 31.9 Å². The quantitative estimate of drug-likeness (QED) is 0.618. The number of nitrogens with zero attached hydrogens (tertiary/aromatic N) is 5. The second kappa shape index (κ2) is 9.08. The molecular weight excluding hydrogens is 436 g/mol. The van der Waals surface area contributed by atoms with Crippen LogP contribution in [0.2, 0.25) is 5.02 Å². The summed E-state index contributed by atoms with van der Waals surface area (Å²) in [6.07, 6.45) is 6.62. The molecule has 3 heterocycles. The van der Waals surface area contributed by atoms with Gasteiger partial charge < -0.3 is 10.6 Å². The van der Waals surface area contributed by atoms with E-state index in [2.05, 4.69) is 26.8 Å². The van der Waals surface area contributed by atoms with Gasteiger partial charge in [0.2, 0.25) is 0 Å². The Morgan fingerprint density at radius 3 is 2.45 bits per heavy atom. The molecule has 1 amide bonds. The zero-order valence-corrected chi connectivity index (χ0v) is 19.4. The predicted octanol–water partition coefficient (Wildman–Crippen LogP) is 3.92. The first-order valence-corrected chi connectivity index (χ1v) is 11.8. The number of carbonyl (C=O) groups is 1. The number of pyridine rings is 1. The van der Waals surface area contributed by atoms with Crippen LogP contribution in [0.3, 0.4) is 0 Å². The van der Waals surface area contributed by atoms with Crippen molar-refractivity contribution >= 4 is 23.3 Å². The summed E-state index contributed by atoms with van der Waals surface area (Å²) in [7, 11) is 0. The Balaban J connectivity index is 1.44. The molecule has 0 radical (unpaired) electrons. The zero-order valence-electron chi connectivity index (χ0n) is 18.7. The van der Waals surface area contributed by atoms with Gasteiger partial charge >= 0.3 is 0 Å². The van der Waals surface area contributed by atoms with Crippen molar-refractivity contribution < 1.29 is 4.79 Å². The second-order valence-electron chi connectivity index (χ2n) is 8.62. The average Bonchev–Trinajstić information content (AvgIpc) is 3.69. The number of halogens is 1. The second-order valence-corrected chi connectivity index (χ2v) is 9.03.